The Morgan fingerprint density at radius 3 is 2.86 bits per heavy atom. The summed E-state index contributed by atoms with van der Waals surface area (Å²) in [4.78, 5) is 23.9. The number of rotatable bonds is 4. The number of nitrogens with zero attached hydrogens (tertiary/aromatic N) is 2. The Morgan fingerprint density at radius 2 is 2.00 bits per heavy atom. The van der Waals surface area contributed by atoms with Crippen LogP contribution in [0.25, 0.3) is 11.0 Å². The molecule has 0 unspecified atom stereocenters. The fourth-order valence-electron chi connectivity index (χ4n) is 3.10. The maximum Gasteiger partial charge on any atom is 0.231 e. The van der Waals surface area contributed by atoms with E-state index in [0.717, 1.165) is 0 Å². The zero-order valence-electron chi connectivity index (χ0n) is 14.6. The molecule has 1 aliphatic heterocycles. The highest BCUT2D eigenvalue weighted by Gasteiger charge is 2.22. The number of aromatic amines is 1. The third-order valence-electron chi connectivity index (χ3n) is 4.44. The van der Waals surface area contributed by atoms with Crippen molar-refractivity contribution in [3.63, 3.8) is 0 Å². The lowest BCUT2D eigenvalue weighted by molar-refractivity contribution is 0.104. The van der Waals surface area contributed by atoms with E-state index in [1.807, 2.05) is 0 Å². The van der Waals surface area contributed by atoms with E-state index in [2.05, 4.69) is 15.0 Å². The van der Waals surface area contributed by atoms with Gasteiger partial charge in [0.2, 0.25) is 12.5 Å². The minimum absolute atomic E-state index is 0.140. The van der Waals surface area contributed by atoms with E-state index in [-0.39, 0.29) is 22.8 Å². The van der Waals surface area contributed by atoms with E-state index >= 15 is 0 Å². The number of carbonyl (C=O) groups excluding carboxylic acids is 1. The van der Waals surface area contributed by atoms with Gasteiger partial charge in [-0.1, -0.05) is 29.3 Å². The average molecular weight is 428 g/mol. The molecule has 29 heavy (non-hydrogen) atoms. The van der Waals surface area contributed by atoms with E-state index in [0.29, 0.717) is 45.2 Å². The number of para-hydroxylation sites is 1. The number of H-pyrrole nitrogens is 1. The minimum atomic E-state index is -0.304. The van der Waals surface area contributed by atoms with Gasteiger partial charge < -0.3 is 19.2 Å². The fraction of sp³-hybridized carbons (Fsp3) is 0.0500. The standard InChI is InChI=1S/C20H11Cl2N3O4/c21-13-6-10(29-15-3-1-2-14-18(15)28-9-27-14)4-5-11(13)17(26)12-7-23-20-16(12)19(22)24-8-25-20/h1-8H,9H2,(H,23,24,25). The normalized spacial score (nSPS) is 12.3. The maximum absolute atomic E-state index is 13.0. The monoisotopic (exact) mass is 427 g/mol. The Labute approximate surface area is 174 Å². The summed E-state index contributed by atoms with van der Waals surface area (Å²) < 4.78 is 16.6. The number of ether oxygens (including phenoxy) is 3. The summed E-state index contributed by atoms with van der Waals surface area (Å²) in [7, 11) is 0. The van der Waals surface area contributed by atoms with Crippen LogP contribution in [-0.4, -0.2) is 27.5 Å². The van der Waals surface area contributed by atoms with Crippen LogP contribution in [0, 0.1) is 0 Å². The van der Waals surface area contributed by atoms with Crippen LogP contribution in [0.5, 0.6) is 23.0 Å². The smallest absolute Gasteiger partial charge is 0.231 e. The Kier molecular flexibility index (Phi) is 4.26. The van der Waals surface area contributed by atoms with Gasteiger partial charge in [-0.05, 0) is 24.3 Å². The molecule has 4 aromatic rings. The third-order valence-corrected chi connectivity index (χ3v) is 5.04. The van der Waals surface area contributed by atoms with Crippen molar-refractivity contribution < 1.29 is 19.0 Å². The number of carbonyl (C=O) groups is 1. The summed E-state index contributed by atoms with van der Waals surface area (Å²) in [6, 6.07) is 10.2. The predicted octanol–water partition coefficient (Wildman–Crippen LogP) is 5.02. The van der Waals surface area contributed by atoms with Crippen molar-refractivity contribution in [3.8, 4) is 23.0 Å². The number of ketones is 1. The Hall–Kier alpha value is -3.29. The fourth-order valence-corrected chi connectivity index (χ4v) is 3.59. The highest BCUT2D eigenvalue weighted by molar-refractivity contribution is 6.38. The third kappa shape index (κ3) is 3.04. The van der Waals surface area contributed by atoms with Crippen molar-refractivity contribution in [2.24, 2.45) is 0 Å². The molecule has 5 rings (SSSR count). The molecule has 1 N–H and O–H groups in total. The summed E-state index contributed by atoms with van der Waals surface area (Å²) in [5.41, 5.74) is 1.12. The first-order valence-corrected chi connectivity index (χ1v) is 9.25. The van der Waals surface area contributed by atoms with Crippen LogP contribution in [0.4, 0.5) is 0 Å². The second kappa shape index (κ2) is 6.95. The summed E-state index contributed by atoms with van der Waals surface area (Å²) in [5.74, 6) is 1.78. The molecule has 144 valence electrons. The molecule has 0 fully saturated rings. The number of hydrogen-bond acceptors (Lipinski definition) is 6. The molecule has 3 heterocycles. The van der Waals surface area contributed by atoms with Crippen LogP contribution in [0.2, 0.25) is 10.2 Å². The maximum atomic E-state index is 13.0. The SMILES string of the molecule is O=C(c1ccc(Oc2cccc3c2OCO3)cc1Cl)c1c[nH]c2ncnc(Cl)c12. The van der Waals surface area contributed by atoms with Crippen molar-refractivity contribution in [3.05, 3.63) is 70.2 Å². The molecular weight excluding hydrogens is 417 g/mol. The molecule has 9 heteroatoms. The minimum Gasteiger partial charge on any atom is -0.453 e. The molecule has 0 atom stereocenters. The highest BCUT2D eigenvalue weighted by Crippen LogP contribution is 2.42. The number of fused-ring (bicyclic) bond motifs is 2. The van der Waals surface area contributed by atoms with Crippen molar-refractivity contribution in [2.45, 2.75) is 0 Å². The van der Waals surface area contributed by atoms with Crippen molar-refractivity contribution >= 4 is 40.0 Å². The zero-order chi connectivity index (χ0) is 20.0. The first-order chi connectivity index (χ1) is 14.1. The van der Waals surface area contributed by atoms with E-state index in [1.54, 1.807) is 42.6 Å². The van der Waals surface area contributed by atoms with Crippen LogP contribution in [0.1, 0.15) is 15.9 Å². The molecule has 2 aromatic heterocycles. The predicted molar refractivity (Wildman–Crippen MR) is 106 cm³/mol. The van der Waals surface area contributed by atoms with Gasteiger partial charge in [0.15, 0.2) is 17.3 Å². The van der Waals surface area contributed by atoms with Gasteiger partial charge >= 0.3 is 0 Å². The zero-order valence-corrected chi connectivity index (χ0v) is 16.1. The topological polar surface area (TPSA) is 86.3 Å². The Morgan fingerprint density at radius 1 is 1.10 bits per heavy atom. The second-order valence-corrected chi connectivity index (χ2v) is 6.92. The molecule has 1 aliphatic rings. The van der Waals surface area contributed by atoms with E-state index in [4.69, 9.17) is 37.4 Å². The molecule has 0 amide bonds. The first-order valence-electron chi connectivity index (χ1n) is 8.50. The molecule has 0 saturated carbocycles. The van der Waals surface area contributed by atoms with Crippen molar-refractivity contribution in [1.82, 2.24) is 15.0 Å². The molecule has 0 saturated heterocycles. The van der Waals surface area contributed by atoms with Crippen molar-refractivity contribution in [2.75, 3.05) is 6.79 Å². The second-order valence-electron chi connectivity index (χ2n) is 6.15. The largest absolute Gasteiger partial charge is 0.453 e. The van der Waals surface area contributed by atoms with Crippen molar-refractivity contribution in [1.29, 1.82) is 0 Å². The van der Waals surface area contributed by atoms with Gasteiger partial charge in [-0.25, -0.2) is 9.97 Å². The molecule has 0 bridgehead atoms. The van der Waals surface area contributed by atoms with Crippen LogP contribution < -0.4 is 14.2 Å². The molecule has 2 aromatic carbocycles. The Bertz CT molecular complexity index is 1270. The molecule has 7 nitrogen and oxygen atoms in total. The molecular formula is C20H11Cl2N3O4. The summed E-state index contributed by atoms with van der Waals surface area (Å²) in [5, 5.41) is 0.878. The van der Waals surface area contributed by atoms with Crippen LogP contribution in [-0.2, 0) is 0 Å². The van der Waals surface area contributed by atoms with Gasteiger partial charge in [-0.2, -0.15) is 0 Å². The van der Waals surface area contributed by atoms with Crippen LogP contribution >= 0.6 is 23.2 Å². The number of aromatic nitrogens is 3. The van der Waals surface area contributed by atoms with Crippen LogP contribution in [0.3, 0.4) is 0 Å². The van der Waals surface area contributed by atoms with E-state index in [9.17, 15) is 4.79 Å². The molecule has 0 spiro atoms. The number of hydrogen-bond donors (Lipinski definition) is 1. The van der Waals surface area contributed by atoms with Gasteiger partial charge in [0.1, 0.15) is 22.9 Å². The lowest BCUT2D eigenvalue weighted by Gasteiger charge is -2.10. The molecule has 0 radical (unpaired) electrons. The number of nitrogens with one attached hydrogen (secondary N) is 1. The highest BCUT2D eigenvalue weighted by atomic mass is 35.5. The number of benzene rings is 2. The first kappa shape index (κ1) is 17.8. The van der Waals surface area contributed by atoms with Gasteiger partial charge in [0, 0.05) is 17.8 Å². The van der Waals surface area contributed by atoms with Gasteiger partial charge in [0.25, 0.3) is 0 Å². The van der Waals surface area contributed by atoms with Crippen LogP contribution in [0.15, 0.2) is 48.9 Å². The van der Waals surface area contributed by atoms with Gasteiger partial charge in [-0.15, -0.1) is 0 Å². The lowest BCUT2D eigenvalue weighted by atomic mass is 10.0. The van der Waals surface area contributed by atoms with E-state index < -0.39 is 0 Å². The molecule has 0 aliphatic carbocycles. The summed E-state index contributed by atoms with van der Waals surface area (Å²) in [6.45, 7) is 0.140. The summed E-state index contributed by atoms with van der Waals surface area (Å²) >= 11 is 12.5. The number of halogens is 2. The van der Waals surface area contributed by atoms with Gasteiger partial charge in [0.05, 0.1) is 16.0 Å². The summed E-state index contributed by atoms with van der Waals surface area (Å²) in [6.07, 6.45) is 2.86. The lowest BCUT2D eigenvalue weighted by Crippen LogP contribution is -2.02. The average Bonchev–Trinajstić information content (AvgIpc) is 3.36. The Balaban J connectivity index is 1.47. The van der Waals surface area contributed by atoms with Gasteiger partial charge in [-0.3, -0.25) is 4.79 Å². The van der Waals surface area contributed by atoms with E-state index in [1.165, 1.54) is 6.33 Å². The quantitative estimate of drug-likeness (QED) is 0.363.